The second-order valence-corrected chi connectivity index (χ2v) is 6.48. The van der Waals surface area contributed by atoms with E-state index in [1.54, 1.807) is 24.3 Å². The van der Waals surface area contributed by atoms with E-state index in [0.29, 0.717) is 11.3 Å². The van der Waals surface area contributed by atoms with Crippen LogP contribution in [0.1, 0.15) is 28.4 Å². The lowest BCUT2D eigenvalue weighted by atomic mass is 10.00. The van der Waals surface area contributed by atoms with Crippen LogP contribution in [-0.4, -0.2) is 36.3 Å². The smallest absolute Gasteiger partial charge is 0.251 e. The van der Waals surface area contributed by atoms with E-state index in [4.69, 9.17) is 0 Å². The molecule has 0 unspecified atom stereocenters. The molecule has 5 nitrogen and oxygen atoms in total. The van der Waals surface area contributed by atoms with Crippen LogP contribution in [0.2, 0.25) is 0 Å². The number of likely N-dealkylation sites (tertiary alicyclic amines) is 1. The third-order valence-electron chi connectivity index (χ3n) is 4.68. The highest BCUT2D eigenvalue weighted by molar-refractivity contribution is 6.00. The van der Waals surface area contributed by atoms with Gasteiger partial charge in [0.25, 0.3) is 5.91 Å². The molecule has 0 radical (unpaired) electrons. The third kappa shape index (κ3) is 4.00. The van der Waals surface area contributed by atoms with Gasteiger partial charge in [0.1, 0.15) is 0 Å². The van der Waals surface area contributed by atoms with Gasteiger partial charge in [-0.1, -0.05) is 43.0 Å². The highest BCUT2D eigenvalue weighted by Gasteiger charge is 2.34. The quantitative estimate of drug-likeness (QED) is 0.816. The fourth-order valence-electron chi connectivity index (χ4n) is 3.42. The fourth-order valence-corrected chi connectivity index (χ4v) is 3.42. The first-order valence-electron chi connectivity index (χ1n) is 8.68. The van der Waals surface area contributed by atoms with E-state index in [2.05, 4.69) is 41.3 Å². The van der Waals surface area contributed by atoms with Crippen molar-refractivity contribution >= 4 is 17.5 Å². The summed E-state index contributed by atoms with van der Waals surface area (Å²) in [5.41, 5.74) is 2.30. The third-order valence-corrected chi connectivity index (χ3v) is 4.68. The molecule has 1 aliphatic rings. The molecule has 1 heterocycles. The molecule has 3 rings (SSSR count). The molecule has 1 fully saturated rings. The Balaban J connectivity index is 1.74. The molecular formula is C21H23N3O2. The number of benzene rings is 2. The first-order valence-corrected chi connectivity index (χ1v) is 8.68. The summed E-state index contributed by atoms with van der Waals surface area (Å²) in [4.78, 5) is 26.4. The Kier molecular flexibility index (Phi) is 5.49. The van der Waals surface area contributed by atoms with Gasteiger partial charge in [0.05, 0.1) is 12.1 Å². The van der Waals surface area contributed by atoms with Crippen molar-refractivity contribution in [1.82, 2.24) is 10.2 Å². The minimum atomic E-state index is -0.302. The Morgan fingerprint density at radius 1 is 1.15 bits per heavy atom. The van der Waals surface area contributed by atoms with Crippen LogP contribution in [-0.2, 0) is 4.79 Å². The molecule has 26 heavy (non-hydrogen) atoms. The van der Waals surface area contributed by atoms with Crippen molar-refractivity contribution in [2.75, 3.05) is 18.9 Å². The fraction of sp³-hybridized carbons (Fsp3) is 0.238. The Morgan fingerprint density at radius 2 is 1.92 bits per heavy atom. The Morgan fingerprint density at radius 3 is 2.65 bits per heavy atom. The first kappa shape index (κ1) is 17.9. The normalized spacial score (nSPS) is 19.7. The molecule has 5 heteroatoms. The molecule has 1 aliphatic heterocycles. The van der Waals surface area contributed by atoms with Crippen molar-refractivity contribution in [2.24, 2.45) is 0 Å². The van der Waals surface area contributed by atoms with Gasteiger partial charge in [-0.2, -0.15) is 0 Å². The summed E-state index contributed by atoms with van der Waals surface area (Å²) < 4.78 is 0. The largest absolute Gasteiger partial charge is 0.347 e. The van der Waals surface area contributed by atoms with Gasteiger partial charge in [-0.05, 0) is 43.3 Å². The summed E-state index contributed by atoms with van der Waals surface area (Å²) in [6.45, 7) is 4.36. The van der Waals surface area contributed by atoms with Gasteiger partial charge >= 0.3 is 0 Å². The van der Waals surface area contributed by atoms with Crippen LogP contribution < -0.4 is 10.6 Å². The van der Waals surface area contributed by atoms with Crippen molar-refractivity contribution in [3.05, 3.63) is 78.4 Å². The first-order chi connectivity index (χ1) is 12.6. The van der Waals surface area contributed by atoms with Gasteiger partial charge in [-0.3, -0.25) is 14.5 Å². The van der Waals surface area contributed by atoms with Crippen molar-refractivity contribution in [2.45, 2.75) is 18.5 Å². The zero-order valence-electron chi connectivity index (χ0n) is 14.8. The highest BCUT2D eigenvalue weighted by Crippen LogP contribution is 2.31. The minimum Gasteiger partial charge on any atom is -0.347 e. The molecule has 2 atom stereocenters. The number of nitrogens with one attached hydrogen (secondary N) is 2. The maximum atomic E-state index is 12.7. The maximum absolute atomic E-state index is 12.7. The maximum Gasteiger partial charge on any atom is 0.251 e. The van der Waals surface area contributed by atoms with E-state index < -0.39 is 0 Å². The van der Waals surface area contributed by atoms with Crippen molar-refractivity contribution in [3.8, 4) is 0 Å². The van der Waals surface area contributed by atoms with Gasteiger partial charge in [-0.15, -0.1) is 0 Å². The second-order valence-electron chi connectivity index (χ2n) is 6.48. The van der Waals surface area contributed by atoms with Crippen LogP contribution in [0.4, 0.5) is 5.69 Å². The van der Waals surface area contributed by atoms with Crippen LogP contribution >= 0.6 is 0 Å². The van der Waals surface area contributed by atoms with Gasteiger partial charge in [0, 0.05) is 17.8 Å². The Hall–Kier alpha value is -2.92. The second kappa shape index (κ2) is 7.97. The number of anilines is 1. The standard InChI is InChI=1S/C21H23N3O2/c1-3-19(25)22-17-11-7-10-16(14-17)21(26)23-18-12-13-24(2)20(18)15-8-5-4-6-9-15/h3-11,14,18,20H,1,12-13H2,2H3,(H,22,25)(H,23,26)/t18-,20+/m1/s1. The summed E-state index contributed by atoms with van der Waals surface area (Å²) in [6.07, 6.45) is 2.10. The average molecular weight is 349 g/mol. The number of carbonyl (C=O) groups excluding carboxylic acids is 2. The highest BCUT2D eigenvalue weighted by atomic mass is 16.2. The topological polar surface area (TPSA) is 61.4 Å². The van der Waals surface area contributed by atoms with Crippen molar-refractivity contribution in [3.63, 3.8) is 0 Å². The van der Waals surface area contributed by atoms with Crippen LogP contribution in [0.5, 0.6) is 0 Å². The molecular weight excluding hydrogens is 326 g/mol. The van der Waals surface area contributed by atoms with Gasteiger partial charge in [0.15, 0.2) is 0 Å². The molecule has 0 bridgehead atoms. The van der Waals surface area contributed by atoms with Crippen LogP contribution in [0.3, 0.4) is 0 Å². The minimum absolute atomic E-state index is 0.0429. The molecule has 2 N–H and O–H groups in total. The molecule has 0 aliphatic carbocycles. The lowest BCUT2D eigenvalue weighted by Gasteiger charge is -2.26. The lowest BCUT2D eigenvalue weighted by Crippen LogP contribution is -2.39. The van der Waals surface area contributed by atoms with Gasteiger partial charge in [0.2, 0.25) is 5.91 Å². The Bertz CT molecular complexity index is 804. The number of hydrogen-bond donors (Lipinski definition) is 2. The van der Waals surface area contributed by atoms with E-state index in [1.807, 2.05) is 18.2 Å². The summed E-state index contributed by atoms with van der Waals surface area (Å²) in [5, 5.41) is 5.83. The molecule has 0 saturated carbocycles. The van der Waals surface area contributed by atoms with E-state index >= 15 is 0 Å². The number of nitrogens with zero attached hydrogens (tertiary/aromatic N) is 1. The van der Waals surface area contributed by atoms with Crippen LogP contribution in [0, 0.1) is 0 Å². The number of hydrogen-bond acceptors (Lipinski definition) is 3. The number of carbonyl (C=O) groups is 2. The van der Waals surface area contributed by atoms with Gasteiger partial charge in [-0.25, -0.2) is 0 Å². The molecule has 1 saturated heterocycles. The zero-order valence-corrected chi connectivity index (χ0v) is 14.8. The predicted molar refractivity (Wildman–Crippen MR) is 103 cm³/mol. The molecule has 2 aromatic carbocycles. The van der Waals surface area contributed by atoms with Crippen LogP contribution in [0.15, 0.2) is 67.3 Å². The SMILES string of the molecule is C=CC(=O)Nc1cccc(C(=O)N[C@@H]2CCN(C)[C@H]2c2ccccc2)c1. The molecule has 134 valence electrons. The van der Waals surface area contributed by atoms with Crippen molar-refractivity contribution in [1.29, 1.82) is 0 Å². The van der Waals surface area contributed by atoms with Crippen molar-refractivity contribution < 1.29 is 9.59 Å². The van der Waals surface area contributed by atoms with Crippen LogP contribution in [0.25, 0.3) is 0 Å². The summed E-state index contributed by atoms with van der Waals surface area (Å²) in [5.74, 6) is -0.440. The molecule has 0 spiro atoms. The lowest BCUT2D eigenvalue weighted by molar-refractivity contribution is -0.111. The zero-order chi connectivity index (χ0) is 18.5. The van der Waals surface area contributed by atoms with E-state index in [0.717, 1.165) is 13.0 Å². The average Bonchev–Trinajstić information content (AvgIpc) is 3.02. The molecule has 2 amide bonds. The van der Waals surface area contributed by atoms with E-state index in [9.17, 15) is 9.59 Å². The number of rotatable bonds is 5. The molecule has 0 aromatic heterocycles. The monoisotopic (exact) mass is 349 g/mol. The van der Waals surface area contributed by atoms with E-state index in [-0.39, 0.29) is 23.9 Å². The Labute approximate surface area is 153 Å². The predicted octanol–water partition coefficient (Wildman–Crippen LogP) is 2.99. The summed E-state index contributed by atoms with van der Waals surface area (Å²) >= 11 is 0. The number of amides is 2. The number of likely N-dealkylation sites (N-methyl/N-ethyl adjacent to an activating group) is 1. The molecule has 2 aromatic rings. The summed E-state index contributed by atoms with van der Waals surface area (Å²) in [6, 6.07) is 17.3. The summed E-state index contributed by atoms with van der Waals surface area (Å²) in [7, 11) is 2.08. The van der Waals surface area contributed by atoms with E-state index in [1.165, 1.54) is 11.6 Å². The van der Waals surface area contributed by atoms with Gasteiger partial charge < -0.3 is 10.6 Å².